The van der Waals surface area contributed by atoms with Crippen molar-refractivity contribution in [2.45, 2.75) is 44.4 Å². The molecule has 0 radical (unpaired) electrons. The standard InChI is InChI=1S/C19H24N2OS2/c1-12(16-9-13-6-7-14(16)8-13)20-18(22)11-24-19-21-17-5-3-2-4-15(17)10-23-19/h2-5,12-14,16H,6-11H2,1H3,(H,20,22). The van der Waals surface area contributed by atoms with Crippen LogP contribution in [0.5, 0.6) is 0 Å². The minimum atomic E-state index is 0.150. The maximum atomic E-state index is 12.3. The number of fused-ring (bicyclic) bond motifs is 3. The van der Waals surface area contributed by atoms with Gasteiger partial charge < -0.3 is 5.32 Å². The van der Waals surface area contributed by atoms with Gasteiger partial charge in [0, 0.05) is 11.8 Å². The smallest absolute Gasteiger partial charge is 0.230 e. The molecular weight excluding hydrogens is 336 g/mol. The van der Waals surface area contributed by atoms with E-state index in [2.05, 4.69) is 29.4 Å². The number of rotatable bonds is 4. The first kappa shape index (κ1) is 16.5. The highest BCUT2D eigenvalue weighted by molar-refractivity contribution is 8.38. The summed E-state index contributed by atoms with van der Waals surface area (Å²) in [5.74, 6) is 4.06. The molecule has 1 heterocycles. The highest BCUT2D eigenvalue weighted by Gasteiger charge is 2.42. The number of hydrogen-bond acceptors (Lipinski definition) is 4. The number of nitrogens with one attached hydrogen (secondary N) is 1. The van der Waals surface area contributed by atoms with E-state index in [1.54, 1.807) is 23.5 Å². The minimum Gasteiger partial charge on any atom is -0.353 e. The van der Waals surface area contributed by atoms with Crippen molar-refractivity contribution in [2.24, 2.45) is 22.7 Å². The predicted octanol–water partition coefficient (Wildman–Crippen LogP) is 4.60. The van der Waals surface area contributed by atoms with Crippen LogP contribution in [0.4, 0.5) is 5.69 Å². The summed E-state index contributed by atoms with van der Waals surface area (Å²) in [6, 6.07) is 8.56. The van der Waals surface area contributed by atoms with Crippen LogP contribution in [-0.2, 0) is 10.5 Å². The molecule has 4 atom stereocenters. The Labute approximate surface area is 152 Å². The van der Waals surface area contributed by atoms with Crippen LogP contribution < -0.4 is 5.32 Å². The van der Waals surface area contributed by atoms with Crippen LogP contribution in [0.2, 0.25) is 0 Å². The zero-order chi connectivity index (χ0) is 16.5. The van der Waals surface area contributed by atoms with Gasteiger partial charge in [-0.25, -0.2) is 4.99 Å². The molecule has 4 rings (SSSR count). The first-order valence-corrected chi connectivity index (χ1v) is 10.9. The van der Waals surface area contributed by atoms with Crippen molar-refractivity contribution < 1.29 is 4.79 Å². The summed E-state index contributed by atoms with van der Waals surface area (Å²) in [6.07, 6.45) is 5.50. The van der Waals surface area contributed by atoms with Crippen LogP contribution in [0.15, 0.2) is 29.3 Å². The third-order valence-electron chi connectivity index (χ3n) is 5.70. The third-order valence-corrected chi connectivity index (χ3v) is 7.95. The van der Waals surface area contributed by atoms with Gasteiger partial charge in [-0.05, 0) is 55.6 Å². The van der Waals surface area contributed by atoms with Crippen molar-refractivity contribution in [3.63, 3.8) is 0 Å². The summed E-state index contributed by atoms with van der Waals surface area (Å²) in [6.45, 7) is 2.19. The second kappa shape index (κ2) is 7.12. The number of benzene rings is 1. The molecule has 2 bridgehead atoms. The molecule has 2 saturated carbocycles. The van der Waals surface area contributed by atoms with Gasteiger partial charge in [-0.15, -0.1) is 0 Å². The number of amides is 1. The Hall–Kier alpha value is -0.940. The number of aliphatic imine (C=N–C) groups is 1. The van der Waals surface area contributed by atoms with E-state index in [-0.39, 0.29) is 5.91 Å². The Balaban J connectivity index is 1.27. The van der Waals surface area contributed by atoms with Crippen LogP contribution in [0.3, 0.4) is 0 Å². The molecule has 1 aromatic carbocycles. The van der Waals surface area contributed by atoms with Crippen molar-refractivity contribution >= 4 is 39.5 Å². The largest absolute Gasteiger partial charge is 0.353 e. The number of nitrogens with zero attached hydrogens (tertiary/aromatic N) is 1. The zero-order valence-corrected chi connectivity index (χ0v) is 15.7. The number of carbonyl (C=O) groups is 1. The Morgan fingerprint density at radius 3 is 3.04 bits per heavy atom. The van der Waals surface area contributed by atoms with E-state index in [1.165, 1.54) is 31.2 Å². The molecule has 24 heavy (non-hydrogen) atoms. The van der Waals surface area contributed by atoms with Gasteiger partial charge in [0.05, 0.1) is 11.4 Å². The van der Waals surface area contributed by atoms with Gasteiger partial charge in [-0.3, -0.25) is 4.79 Å². The van der Waals surface area contributed by atoms with Crippen LogP contribution in [0.1, 0.15) is 38.2 Å². The van der Waals surface area contributed by atoms with Crippen LogP contribution in [0.25, 0.3) is 0 Å². The first-order chi connectivity index (χ1) is 11.7. The summed E-state index contributed by atoms with van der Waals surface area (Å²) >= 11 is 3.30. The SMILES string of the molecule is CC(NC(=O)CSC1=Nc2ccccc2CS1)C1CC2CCC1C2. The lowest BCUT2D eigenvalue weighted by Crippen LogP contribution is -2.41. The van der Waals surface area contributed by atoms with E-state index in [9.17, 15) is 4.79 Å². The zero-order valence-electron chi connectivity index (χ0n) is 14.0. The molecule has 4 unspecified atom stereocenters. The average molecular weight is 361 g/mol. The summed E-state index contributed by atoms with van der Waals surface area (Å²) in [5, 5.41) is 3.24. The fourth-order valence-corrected chi connectivity index (χ4v) is 6.40. The molecule has 2 fully saturated rings. The monoisotopic (exact) mass is 360 g/mol. The van der Waals surface area contributed by atoms with Crippen LogP contribution >= 0.6 is 23.5 Å². The Bertz CT molecular complexity index is 661. The maximum absolute atomic E-state index is 12.3. The Morgan fingerprint density at radius 1 is 1.38 bits per heavy atom. The number of para-hydroxylation sites is 1. The number of thioether (sulfide) groups is 2. The molecule has 1 amide bonds. The van der Waals surface area contributed by atoms with E-state index >= 15 is 0 Å². The van der Waals surface area contributed by atoms with Crippen LogP contribution in [0, 0.1) is 17.8 Å². The quantitative estimate of drug-likeness (QED) is 0.853. The van der Waals surface area contributed by atoms with E-state index < -0.39 is 0 Å². The topological polar surface area (TPSA) is 41.5 Å². The van der Waals surface area contributed by atoms with Gasteiger partial charge in [-0.2, -0.15) is 0 Å². The predicted molar refractivity (Wildman–Crippen MR) is 104 cm³/mol. The highest BCUT2D eigenvalue weighted by Crippen LogP contribution is 2.49. The Morgan fingerprint density at radius 2 is 2.25 bits per heavy atom. The van der Waals surface area contributed by atoms with Gasteiger partial charge in [0.1, 0.15) is 4.38 Å². The second-order valence-electron chi connectivity index (χ2n) is 7.28. The lowest BCUT2D eigenvalue weighted by atomic mass is 9.84. The molecule has 0 spiro atoms. The lowest BCUT2D eigenvalue weighted by Gasteiger charge is -2.28. The lowest BCUT2D eigenvalue weighted by molar-refractivity contribution is -0.119. The van der Waals surface area contributed by atoms with Gasteiger partial charge in [0.2, 0.25) is 5.91 Å². The summed E-state index contributed by atoms with van der Waals surface area (Å²) in [4.78, 5) is 17.0. The fraction of sp³-hybridized carbons (Fsp3) is 0.579. The maximum Gasteiger partial charge on any atom is 0.230 e. The molecule has 128 valence electrons. The van der Waals surface area contributed by atoms with Gasteiger partial charge in [-0.1, -0.05) is 48.1 Å². The van der Waals surface area contributed by atoms with E-state index in [0.29, 0.717) is 17.7 Å². The molecule has 1 aliphatic heterocycles. The molecule has 1 aromatic rings. The van der Waals surface area contributed by atoms with Crippen molar-refractivity contribution in [3.8, 4) is 0 Å². The molecule has 0 saturated heterocycles. The summed E-state index contributed by atoms with van der Waals surface area (Å²) < 4.78 is 1.01. The fourth-order valence-electron chi connectivity index (χ4n) is 4.52. The molecule has 2 aliphatic carbocycles. The van der Waals surface area contributed by atoms with Gasteiger partial charge in [0.15, 0.2) is 0 Å². The van der Waals surface area contributed by atoms with Crippen molar-refractivity contribution in [1.29, 1.82) is 0 Å². The molecule has 3 aliphatic rings. The van der Waals surface area contributed by atoms with Gasteiger partial charge >= 0.3 is 0 Å². The molecule has 3 nitrogen and oxygen atoms in total. The summed E-state index contributed by atoms with van der Waals surface area (Å²) in [7, 11) is 0. The van der Waals surface area contributed by atoms with E-state index in [1.807, 2.05) is 12.1 Å². The van der Waals surface area contributed by atoms with Gasteiger partial charge in [0.25, 0.3) is 0 Å². The number of carbonyl (C=O) groups excluding carboxylic acids is 1. The second-order valence-corrected chi connectivity index (χ2v) is 9.47. The average Bonchev–Trinajstić information content (AvgIpc) is 3.23. The van der Waals surface area contributed by atoms with Crippen molar-refractivity contribution in [3.05, 3.63) is 29.8 Å². The normalized spacial score (nSPS) is 29.0. The molecule has 0 aromatic heterocycles. The highest BCUT2D eigenvalue weighted by atomic mass is 32.2. The first-order valence-electron chi connectivity index (χ1n) is 8.90. The van der Waals surface area contributed by atoms with E-state index in [0.717, 1.165) is 27.7 Å². The molecule has 1 N–H and O–H groups in total. The molecular formula is C19H24N2OS2. The number of hydrogen-bond donors (Lipinski definition) is 1. The van der Waals surface area contributed by atoms with Crippen molar-refractivity contribution in [2.75, 3.05) is 5.75 Å². The van der Waals surface area contributed by atoms with Crippen LogP contribution in [-0.4, -0.2) is 22.1 Å². The molecule has 5 heteroatoms. The summed E-state index contributed by atoms with van der Waals surface area (Å²) in [5.41, 5.74) is 2.33. The minimum absolute atomic E-state index is 0.150. The van der Waals surface area contributed by atoms with Crippen molar-refractivity contribution in [1.82, 2.24) is 5.32 Å². The van der Waals surface area contributed by atoms with E-state index in [4.69, 9.17) is 0 Å². The third kappa shape index (κ3) is 3.52. The Kier molecular flexibility index (Phi) is 4.90.